The molecule has 1 unspecified atom stereocenters. The highest BCUT2D eigenvalue weighted by Gasteiger charge is 2.14. The largest absolute Gasteiger partial charge is 0.493 e. The van der Waals surface area contributed by atoms with Gasteiger partial charge in [-0.15, -0.1) is 0 Å². The highest BCUT2D eigenvalue weighted by atomic mass is 35.5. The Morgan fingerprint density at radius 3 is 2.44 bits per heavy atom. The van der Waals surface area contributed by atoms with Gasteiger partial charge in [-0.3, -0.25) is 9.36 Å². The fourth-order valence-electron chi connectivity index (χ4n) is 2.59. The maximum Gasteiger partial charge on any atom is 0.261 e. The van der Waals surface area contributed by atoms with Gasteiger partial charge in [0, 0.05) is 11.1 Å². The summed E-state index contributed by atoms with van der Waals surface area (Å²) in [5, 5.41) is 11.3. The molecule has 1 N–H and O–H groups in total. The van der Waals surface area contributed by atoms with Gasteiger partial charge in [0.25, 0.3) is 5.56 Å². The summed E-state index contributed by atoms with van der Waals surface area (Å²) in [5.41, 5.74) is 0.905. The third-order valence-corrected chi connectivity index (χ3v) is 4.21. The third kappa shape index (κ3) is 3.45. The lowest BCUT2D eigenvalue weighted by Gasteiger charge is -2.14. The van der Waals surface area contributed by atoms with Crippen LogP contribution in [0.1, 0.15) is 11.7 Å². The molecular formula is C18H17ClN2O4. The van der Waals surface area contributed by atoms with Crippen LogP contribution in [-0.4, -0.2) is 28.9 Å². The maximum absolute atomic E-state index is 12.7. The van der Waals surface area contributed by atoms with Crippen LogP contribution in [0.25, 0.3) is 10.9 Å². The van der Waals surface area contributed by atoms with Crippen LogP contribution in [0.15, 0.2) is 47.5 Å². The number of halogens is 1. The number of fused-ring (bicyclic) bond motifs is 1. The number of aliphatic hydroxyl groups excluding tert-OH is 1. The van der Waals surface area contributed by atoms with E-state index in [0.29, 0.717) is 33.0 Å². The van der Waals surface area contributed by atoms with E-state index in [1.165, 1.54) is 25.1 Å². The van der Waals surface area contributed by atoms with Crippen molar-refractivity contribution in [3.8, 4) is 11.5 Å². The highest BCUT2D eigenvalue weighted by Crippen LogP contribution is 2.30. The second-order valence-corrected chi connectivity index (χ2v) is 5.93. The molecule has 0 bridgehead atoms. The van der Waals surface area contributed by atoms with Gasteiger partial charge in [0.05, 0.1) is 44.1 Å². The molecule has 0 aliphatic heterocycles. The van der Waals surface area contributed by atoms with Gasteiger partial charge in [0.1, 0.15) is 0 Å². The van der Waals surface area contributed by atoms with Crippen molar-refractivity contribution in [2.75, 3.05) is 14.2 Å². The Hall–Kier alpha value is -2.57. The number of hydrogen-bond acceptors (Lipinski definition) is 5. The van der Waals surface area contributed by atoms with E-state index in [2.05, 4.69) is 4.98 Å². The Bertz CT molecular complexity index is 954. The Labute approximate surface area is 149 Å². The maximum atomic E-state index is 12.7. The molecule has 0 fully saturated rings. The minimum atomic E-state index is -0.852. The van der Waals surface area contributed by atoms with E-state index < -0.39 is 6.10 Å². The number of hydrogen-bond donors (Lipinski definition) is 1. The van der Waals surface area contributed by atoms with E-state index in [-0.39, 0.29) is 12.1 Å². The second kappa shape index (κ2) is 7.13. The predicted octanol–water partition coefficient (Wildman–Crippen LogP) is 2.80. The molecule has 0 aliphatic carbocycles. The molecule has 0 saturated carbocycles. The molecule has 130 valence electrons. The number of methoxy groups -OCH3 is 2. The molecule has 0 saturated heterocycles. The summed E-state index contributed by atoms with van der Waals surface area (Å²) < 4.78 is 11.8. The number of ether oxygens (including phenoxy) is 2. The van der Waals surface area contributed by atoms with Crippen molar-refractivity contribution >= 4 is 22.5 Å². The summed E-state index contributed by atoms with van der Waals surface area (Å²) in [4.78, 5) is 17.0. The van der Waals surface area contributed by atoms with Crippen molar-refractivity contribution < 1.29 is 14.6 Å². The molecule has 1 atom stereocenters. The first-order valence-electron chi connectivity index (χ1n) is 7.58. The molecule has 1 aromatic heterocycles. The van der Waals surface area contributed by atoms with Crippen LogP contribution < -0.4 is 15.0 Å². The Kier molecular flexibility index (Phi) is 4.92. The Morgan fingerprint density at radius 1 is 1.16 bits per heavy atom. The number of rotatable bonds is 5. The van der Waals surface area contributed by atoms with Crippen LogP contribution in [0.2, 0.25) is 5.02 Å². The zero-order valence-corrected chi connectivity index (χ0v) is 14.5. The van der Waals surface area contributed by atoms with Gasteiger partial charge in [-0.25, -0.2) is 4.98 Å². The molecule has 25 heavy (non-hydrogen) atoms. The van der Waals surface area contributed by atoms with Crippen molar-refractivity contribution in [1.82, 2.24) is 9.55 Å². The molecule has 3 aromatic rings. The van der Waals surface area contributed by atoms with Crippen LogP contribution in [0.4, 0.5) is 0 Å². The van der Waals surface area contributed by atoms with E-state index in [1.807, 2.05) is 0 Å². The first kappa shape index (κ1) is 17.3. The number of benzene rings is 2. The predicted molar refractivity (Wildman–Crippen MR) is 95.5 cm³/mol. The van der Waals surface area contributed by atoms with Crippen LogP contribution in [-0.2, 0) is 6.54 Å². The van der Waals surface area contributed by atoms with Crippen molar-refractivity contribution in [2.45, 2.75) is 12.6 Å². The van der Waals surface area contributed by atoms with Crippen molar-refractivity contribution in [2.24, 2.45) is 0 Å². The second-order valence-electron chi connectivity index (χ2n) is 5.49. The average Bonchev–Trinajstić information content (AvgIpc) is 2.63. The summed E-state index contributed by atoms with van der Waals surface area (Å²) in [6.07, 6.45) is 0.560. The summed E-state index contributed by atoms with van der Waals surface area (Å²) in [5.74, 6) is 0.950. The third-order valence-electron chi connectivity index (χ3n) is 3.95. The minimum Gasteiger partial charge on any atom is -0.493 e. The number of aromatic nitrogens is 2. The van der Waals surface area contributed by atoms with Crippen molar-refractivity contribution in [3.63, 3.8) is 0 Å². The quantitative estimate of drug-likeness (QED) is 0.757. The fraction of sp³-hybridized carbons (Fsp3) is 0.222. The van der Waals surface area contributed by atoms with Crippen LogP contribution in [0, 0.1) is 0 Å². The normalized spacial score (nSPS) is 12.2. The number of aliphatic hydroxyl groups is 1. The zero-order valence-electron chi connectivity index (χ0n) is 13.8. The fourth-order valence-corrected chi connectivity index (χ4v) is 2.72. The zero-order chi connectivity index (χ0) is 18.0. The lowest BCUT2D eigenvalue weighted by Crippen LogP contribution is -2.23. The summed E-state index contributed by atoms with van der Waals surface area (Å²) in [6.45, 7) is 0.0811. The molecule has 2 aromatic carbocycles. The van der Waals surface area contributed by atoms with Gasteiger partial charge < -0.3 is 14.6 Å². The molecule has 3 rings (SSSR count). The van der Waals surface area contributed by atoms with E-state index in [4.69, 9.17) is 21.1 Å². The molecule has 0 spiro atoms. The highest BCUT2D eigenvalue weighted by molar-refractivity contribution is 6.30. The first-order valence-corrected chi connectivity index (χ1v) is 7.96. The van der Waals surface area contributed by atoms with E-state index in [1.54, 1.807) is 36.4 Å². The molecule has 0 radical (unpaired) electrons. The van der Waals surface area contributed by atoms with Crippen molar-refractivity contribution in [1.29, 1.82) is 0 Å². The molecule has 0 amide bonds. The van der Waals surface area contributed by atoms with Crippen LogP contribution in [0.5, 0.6) is 11.5 Å². The molecule has 1 heterocycles. The lowest BCUT2D eigenvalue weighted by atomic mass is 10.1. The lowest BCUT2D eigenvalue weighted by molar-refractivity contribution is 0.155. The van der Waals surface area contributed by atoms with Gasteiger partial charge in [-0.2, -0.15) is 0 Å². The Balaban J connectivity index is 1.98. The summed E-state index contributed by atoms with van der Waals surface area (Å²) in [7, 11) is 3.02. The summed E-state index contributed by atoms with van der Waals surface area (Å²) in [6, 6.07) is 10.1. The summed E-state index contributed by atoms with van der Waals surface area (Å²) >= 11 is 5.85. The van der Waals surface area contributed by atoms with Crippen LogP contribution >= 0.6 is 11.6 Å². The van der Waals surface area contributed by atoms with Gasteiger partial charge >= 0.3 is 0 Å². The van der Waals surface area contributed by atoms with E-state index >= 15 is 0 Å². The monoisotopic (exact) mass is 360 g/mol. The van der Waals surface area contributed by atoms with Gasteiger partial charge in [0.15, 0.2) is 11.5 Å². The van der Waals surface area contributed by atoms with Gasteiger partial charge in [0.2, 0.25) is 0 Å². The minimum absolute atomic E-state index is 0.0811. The molecule has 6 nitrogen and oxygen atoms in total. The van der Waals surface area contributed by atoms with E-state index in [9.17, 15) is 9.90 Å². The molecular weight excluding hydrogens is 344 g/mol. The van der Waals surface area contributed by atoms with Crippen molar-refractivity contribution in [3.05, 3.63) is 63.7 Å². The van der Waals surface area contributed by atoms with E-state index in [0.717, 1.165) is 0 Å². The van der Waals surface area contributed by atoms with Gasteiger partial charge in [-0.1, -0.05) is 23.7 Å². The standard InChI is InChI=1S/C18H17ClN2O4/c1-24-16-7-13-14(8-17(16)25-2)20-10-21(18(13)23)9-15(22)11-3-5-12(19)6-4-11/h3-8,10,15,22H,9H2,1-2H3. The topological polar surface area (TPSA) is 73.6 Å². The smallest absolute Gasteiger partial charge is 0.261 e. The number of nitrogens with zero attached hydrogens (tertiary/aromatic N) is 2. The first-order chi connectivity index (χ1) is 12.0. The SMILES string of the molecule is COc1cc2ncn(CC(O)c3ccc(Cl)cc3)c(=O)c2cc1OC. The average molecular weight is 361 g/mol. The van der Waals surface area contributed by atoms with Gasteiger partial charge in [-0.05, 0) is 23.8 Å². The molecule has 0 aliphatic rings. The molecule has 7 heteroatoms. The Morgan fingerprint density at radius 2 is 1.80 bits per heavy atom. The van der Waals surface area contributed by atoms with Crippen LogP contribution in [0.3, 0.4) is 0 Å².